The summed E-state index contributed by atoms with van der Waals surface area (Å²) in [5.41, 5.74) is 2.85. The number of hydrogen-bond donors (Lipinski definition) is 2. The maximum atomic E-state index is 5.94. The third-order valence-corrected chi connectivity index (χ3v) is 3.31. The lowest BCUT2D eigenvalue weighted by Gasteiger charge is -2.39. The smallest absolute Gasteiger partial charge is 0.0842 e. The molecule has 0 fully saturated rings. The summed E-state index contributed by atoms with van der Waals surface area (Å²) in [6.07, 6.45) is 5.51. The van der Waals surface area contributed by atoms with E-state index in [-0.39, 0.29) is 11.6 Å². The summed E-state index contributed by atoms with van der Waals surface area (Å²) < 4.78 is 5.94. The van der Waals surface area contributed by atoms with Gasteiger partial charge >= 0.3 is 0 Å². The largest absolute Gasteiger partial charge is 0.374 e. The highest BCUT2D eigenvalue weighted by Crippen LogP contribution is 2.27. The second kappa shape index (κ2) is 8.08. The lowest BCUT2D eigenvalue weighted by Crippen LogP contribution is -2.54. The zero-order valence-electron chi connectivity index (χ0n) is 10.8. The molecule has 0 aromatic heterocycles. The highest BCUT2D eigenvalue weighted by Gasteiger charge is 2.35. The van der Waals surface area contributed by atoms with Crippen molar-refractivity contribution in [2.24, 2.45) is 5.84 Å². The summed E-state index contributed by atoms with van der Waals surface area (Å²) >= 11 is 0. The van der Waals surface area contributed by atoms with Gasteiger partial charge in [-0.05, 0) is 26.2 Å². The fourth-order valence-electron chi connectivity index (χ4n) is 2.24. The second-order valence-electron chi connectivity index (χ2n) is 4.07. The molecular weight excluding hydrogens is 188 g/mol. The summed E-state index contributed by atoms with van der Waals surface area (Å²) in [7, 11) is 0. The topological polar surface area (TPSA) is 47.3 Å². The molecule has 15 heavy (non-hydrogen) atoms. The molecule has 3 nitrogen and oxygen atoms in total. The van der Waals surface area contributed by atoms with E-state index >= 15 is 0 Å². The van der Waals surface area contributed by atoms with Crippen LogP contribution in [-0.2, 0) is 4.74 Å². The van der Waals surface area contributed by atoms with Crippen LogP contribution in [0.5, 0.6) is 0 Å². The molecule has 0 radical (unpaired) electrons. The zero-order chi connectivity index (χ0) is 11.7. The van der Waals surface area contributed by atoms with E-state index in [4.69, 9.17) is 10.6 Å². The number of hydrazine groups is 1. The Labute approximate surface area is 94.7 Å². The molecule has 0 aliphatic heterocycles. The first-order valence-corrected chi connectivity index (χ1v) is 6.30. The van der Waals surface area contributed by atoms with E-state index in [0.717, 1.165) is 25.9 Å². The summed E-state index contributed by atoms with van der Waals surface area (Å²) in [4.78, 5) is 0. The minimum Gasteiger partial charge on any atom is -0.374 e. The van der Waals surface area contributed by atoms with E-state index in [9.17, 15) is 0 Å². The van der Waals surface area contributed by atoms with Gasteiger partial charge in [0.15, 0.2) is 0 Å². The van der Waals surface area contributed by atoms with Crippen LogP contribution in [0.25, 0.3) is 0 Å². The molecule has 0 aliphatic rings. The maximum absolute atomic E-state index is 5.94. The van der Waals surface area contributed by atoms with Crippen LogP contribution in [0.4, 0.5) is 0 Å². The van der Waals surface area contributed by atoms with Gasteiger partial charge in [-0.3, -0.25) is 11.3 Å². The SMILES string of the molecule is CCCCC(NN)C(CC)(CC)OCC. The standard InChI is InChI=1S/C12H28N2O/c1-5-9-10-11(14-13)12(6-2,7-3)15-8-4/h11,14H,5-10,13H2,1-4H3. The Bertz CT molecular complexity index is 147. The van der Waals surface area contributed by atoms with Crippen LogP contribution in [0, 0.1) is 0 Å². The van der Waals surface area contributed by atoms with Crippen LogP contribution in [0.3, 0.4) is 0 Å². The molecule has 1 unspecified atom stereocenters. The van der Waals surface area contributed by atoms with E-state index in [1.54, 1.807) is 0 Å². The monoisotopic (exact) mass is 216 g/mol. The van der Waals surface area contributed by atoms with E-state index in [0.29, 0.717) is 0 Å². The molecule has 0 saturated carbocycles. The van der Waals surface area contributed by atoms with E-state index in [1.807, 2.05) is 6.92 Å². The lowest BCUT2D eigenvalue weighted by molar-refractivity contribution is -0.0742. The van der Waals surface area contributed by atoms with Crippen molar-refractivity contribution in [2.75, 3.05) is 6.61 Å². The number of unbranched alkanes of at least 4 members (excludes halogenated alkanes) is 1. The van der Waals surface area contributed by atoms with Gasteiger partial charge in [-0.25, -0.2) is 0 Å². The fraction of sp³-hybridized carbons (Fsp3) is 1.00. The van der Waals surface area contributed by atoms with Gasteiger partial charge in [0.1, 0.15) is 0 Å². The van der Waals surface area contributed by atoms with Crippen molar-refractivity contribution in [3.05, 3.63) is 0 Å². The predicted molar refractivity (Wildman–Crippen MR) is 65.6 cm³/mol. The van der Waals surface area contributed by atoms with Gasteiger partial charge in [0, 0.05) is 6.61 Å². The highest BCUT2D eigenvalue weighted by molar-refractivity contribution is 4.90. The Hall–Kier alpha value is -0.120. The number of hydrogen-bond acceptors (Lipinski definition) is 3. The number of nitrogens with two attached hydrogens (primary N) is 1. The zero-order valence-corrected chi connectivity index (χ0v) is 10.8. The third kappa shape index (κ3) is 4.09. The van der Waals surface area contributed by atoms with Crippen molar-refractivity contribution in [3.8, 4) is 0 Å². The Balaban J connectivity index is 4.51. The average molecular weight is 216 g/mol. The minimum atomic E-state index is -0.0847. The van der Waals surface area contributed by atoms with Gasteiger partial charge in [0.2, 0.25) is 0 Å². The Kier molecular flexibility index (Phi) is 8.02. The highest BCUT2D eigenvalue weighted by atomic mass is 16.5. The van der Waals surface area contributed by atoms with E-state index < -0.39 is 0 Å². The van der Waals surface area contributed by atoms with Crippen molar-refractivity contribution in [2.45, 2.75) is 71.4 Å². The molecule has 0 bridgehead atoms. The molecule has 0 aromatic rings. The van der Waals surface area contributed by atoms with Gasteiger partial charge in [-0.2, -0.15) is 0 Å². The Morgan fingerprint density at radius 2 is 1.80 bits per heavy atom. The van der Waals surface area contributed by atoms with Crippen LogP contribution in [0.1, 0.15) is 59.8 Å². The Morgan fingerprint density at radius 1 is 1.20 bits per heavy atom. The molecular formula is C12H28N2O. The van der Waals surface area contributed by atoms with Gasteiger partial charge in [0.05, 0.1) is 11.6 Å². The van der Waals surface area contributed by atoms with Crippen LogP contribution >= 0.6 is 0 Å². The summed E-state index contributed by atoms with van der Waals surface area (Å²) in [6, 6.07) is 0.271. The minimum absolute atomic E-state index is 0.0847. The van der Waals surface area contributed by atoms with E-state index in [2.05, 4.69) is 26.2 Å². The third-order valence-electron chi connectivity index (χ3n) is 3.31. The van der Waals surface area contributed by atoms with E-state index in [1.165, 1.54) is 12.8 Å². The first-order valence-electron chi connectivity index (χ1n) is 6.30. The van der Waals surface area contributed by atoms with Crippen molar-refractivity contribution in [1.29, 1.82) is 0 Å². The first kappa shape index (κ1) is 14.9. The van der Waals surface area contributed by atoms with Gasteiger partial charge in [-0.15, -0.1) is 0 Å². The molecule has 92 valence electrons. The van der Waals surface area contributed by atoms with Gasteiger partial charge in [0.25, 0.3) is 0 Å². The summed E-state index contributed by atoms with van der Waals surface area (Å²) in [5.74, 6) is 5.65. The second-order valence-corrected chi connectivity index (χ2v) is 4.07. The van der Waals surface area contributed by atoms with Gasteiger partial charge in [-0.1, -0.05) is 33.6 Å². The number of rotatable bonds is 9. The molecule has 0 rings (SSSR count). The Morgan fingerprint density at radius 3 is 2.13 bits per heavy atom. The molecule has 0 heterocycles. The fourth-order valence-corrected chi connectivity index (χ4v) is 2.24. The molecule has 1 atom stereocenters. The van der Waals surface area contributed by atoms with Crippen molar-refractivity contribution in [3.63, 3.8) is 0 Å². The van der Waals surface area contributed by atoms with Crippen LogP contribution < -0.4 is 11.3 Å². The maximum Gasteiger partial charge on any atom is 0.0842 e. The van der Waals surface area contributed by atoms with Crippen LogP contribution in [0.15, 0.2) is 0 Å². The quantitative estimate of drug-likeness (QED) is 0.460. The lowest BCUT2D eigenvalue weighted by atomic mass is 9.85. The summed E-state index contributed by atoms with van der Waals surface area (Å²) in [5, 5.41) is 0. The molecule has 3 N–H and O–H groups in total. The first-order chi connectivity index (χ1) is 7.20. The normalized spacial score (nSPS) is 14.2. The number of ether oxygens (including phenoxy) is 1. The molecule has 0 saturated heterocycles. The predicted octanol–water partition coefficient (Wildman–Crippen LogP) is 2.60. The molecule has 0 spiro atoms. The molecule has 0 aliphatic carbocycles. The molecule has 0 amide bonds. The van der Waals surface area contributed by atoms with Crippen molar-refractivity contribution < 1.29 is 4.74 Å². The summed E-state index contributed by atoms with van der Waals surface area (Å²) in [6.45, 7) is 9.36. The van der Waals surface area contributed by atoms with Crippen LogP contribution in [-0.4, -0.2) is 18.2 Å². The van der Waals surface area contributed by atoms with Crippen molar-refractivity contribution in [1.82, 2.24) is 5.43 Å². The average Bonchev–Trinajstić information content (AvgIpc) is 2.28. The van der Waals surface area contributed by atoms with Crippen LogP contribution in [0.2, 0.25) is 0 Å². The van der Waals surface area contributed by atoms with Crippen molar-refractivity contribution >= 4 is 0 Å². The van der Waals surface area contributed by atoms with Gasteiger partial charge < -0.3 is 4.74 Å². The molecule has 0 aromatic carbocycles. The number of nitrogens with one attached hydrogen (secondary N) is 1. The molecule has 3 heteroatoms.